The topological polar surface area (TPSA) is 120 Å². The van der Waals surface area contributed by atoms with E-state index >= 15 is 0 Å². The Kier molecular flexibility index (Phi) is 8.57. The summed E-state index contributed by atoms with van der Waals surface area (Å²) in [7, 11) is -4.46. The van der Waals surface area contributed by atoms with E-state index in [0.717, 1.165) is 42.8 Å². The zero-order valence-corrected chi connectivity index (χ0v) is 25.4. The van der Waals surface area contributed by atoms with Crippen molar-refractivity contribution in [3.63, 3.8) is 0 Å². The Labute approximate surface area is 255 Å². The Hall–Kier alpha value is -3.65. The Morgan fingerprint density at radius 1 is 1.00 bits per heavy atom. The van der Waals surface area contributed by atoms with Crippen molar-refractivity contribution < 1.29 is 35.2 Å². The maximum Gasteiger partial charge on any atom is 0.301 e. The summed E-state index contributed by atoms with van der Waals surface area (Å²) < 4.78 is 68.9. The number of benzene rings is 4. The van der Waals surface area contributed by atoms with Gasteiger partial charge in [-0.1, -0.05) is 72.0 Å². The van der Waals surface area contributed by atoms with Crippen LogP contribution in [0.15, 0.2) is 90.8 Å². The average Bonchev–Trinajstić information content (AvgIpc) is 3.52. The van der Waals surface area contributed by atoms with Gasteiger partial charge in [-0.2, -0.15) is 8.78 Å². The molecule has 0 radical (unpaired) electrons. The lowest BCUT2D eigenvalue weighted by molar-refractivity contribution is -0.663. The SMILES string of the molecule is O=S(O)OCCCCN1C(=Cc2sc3ccc4ccccc4c3[n+]2CCS(=O)(=O)[O-])Oc2ccc(-c3ccccc3)cc21. The first-order valence-corrected chi connectivity index (χ1v) is 17.1. The minimum absolute atomic E-state index is 0.000301. The molecule has 6 rings (SSSR count). The van der Waals surface area contributed by atoms with E-state index in [9.17, 15) is 17.2 Å². The van der Waals surface area contributed by atoms with Gasteiger partial charge in [0, 0.05) is 6.54 Å². The number of hydrogen-bond acceptors (Lipinski definition) is 8. The fraction of sp³-hybridized carbons (Fsp3) is 0.194. The molecule has 9 nitrogen and oxygen atoms in total. The van der Waals surface area contributed by atoms with Gasteiger partial charge in [0.05, 0.1) is 29.5 Å². The molecule has 0 aliphatic carbocycles. The number of aryl methyl sites for hydroxylation is 1. The number of anilines is 1. The molecule has 1 aliphatic rings. The van der Waals surface area contributed by atoms with Gasteiger partial charge < -0.3 is 14.2 Å². The highest BCUT2D eigenvalue weighted by atomic mass is 32.2. The number of fused-ring (bicyclic) bond motifs is 4. The van der Waals surface area contributed by atoms with E-state index in [4.69, 9.17) is 13.5 Å². The minimum atomic E-state index is -4.46. The van der Waals surface area contributed by atoms with Crippen LogP contribution in [0.4, 0.5) is 5.69 Å². The Morgan fingerprint density at radius 2 is 1.79 bits per heavy atom. The van der Waals surface area contributed by atoms with Crippen molar-refractivity contribution in [1.82, 2.24) is 0 Å². The van der Waals surface area contributed by atoms with Crippen LogP contribution >= 0.6 is 11.3 Å². The third-order valence-corrected chi connectivity index (χ3v) is 9.37. The van der Waals surface area contributed by atoms with Crippen molar-refractivity contribution in [2.75, 3.05) is 23.8 Å². The number of unbranched alkanes of at least 4 members (excludes halogenated alkanes) is 1. The highest BCUT2D eigenvalue weighted by molar-refractivity contribution is 7.85. The second-order valence-electron chi connectivity index (χ2n) is 10.0. The molecule has 4 aromatic carbocycles. The Morgan fingerprint density at radius 3 is 2.58 bits per heavy atom. The predicted molar refractivity (Wildman–Crippen MR) is 168 cm³/mol. The number of thiazole rings is 1. The van der Waals surface area contributed by atoms with Crippen LogP contribution in [-0.4, -0.2) is 40.6 Å². The summed E-state index contributed by atoms with van der Waals surface area (Å²) in [5, 5.41) is 2.71. The van der Waals surface area contributed by atoms with Gasteiger partial charge in [-0.15, -0.1) is 0 Å². The maximum atomic E-state index is 11.7. The Bertz CT molecular complexity index is 1960. The van der Waals surface area contributed by atoms with E-state index in [0.29, 0.717) is 31.0 Å². The standard InChI is InChI=1S/C31H28N2O7S3/c34-42(35)39-18-7-6-16-32-26-20-24(22-8-2-1-3-9-22)12-14-27(26)40-29(32)21-30-33(17-19-43(36,37)38)31-25-11-5-4-10-23(25)13-15-28(31)41-30/h1-5,8-15,20-21H,6-7,16-19H2,(H-,34,35,36,37,38). The summed E-state index contributed by atoms with van der Waals surface area (Å²) in [6, 6.07) is 27.9. The summed E-state index contributed by atoms with van der Waals surface area (Å²) in [4.78, 5) is 2.05. The lowest BCUT2D eigenvalue weighted by atomic mass is 10.0. The summed E-state index contributed by atoms with van der Waals surface area (Å²) >= 11 is -0.817. The van der Waals surface area contributed by atoms with Crippen LogP contribution in [0, 0.1) is 0 Å². The van der Waals surface area contributed by atoms with Gasteiger partial charge in [-0.25, -0.2) is 8.42 Å². The van der Waals surface area contributed by atoms with Crippen molar-refractivity contribution in [2.24, 2.45) is 0 Å². The second-order valence-corrected chi connectivity index (χ2v) is 13.3. The van der Waals surface area contributed by atoms with E-state index in [-0.39, 0.29) is 13.2 Å². The predicted octanol–water partition coefficient (Wildman–Crippen LogP) is 5.69. The molecule has 222 valence electrons. The van der Waals surface area contributed by atoms with Crippen LogP contribution in [0.5, 0.6) is 5.75 Å². The fourth-order valence-corrected chi connectivity index (χ4v) is 7.06. The van der Waals surface area contributed by atoms with Crippen LogP contribution in [0.3, 0.4) is 0 Å². The molecule has 1 atom stereocenters. The smallest absolute Gasteiger partial charge is 0.301 e. The molecule has 0 amide bonds. The lowest BCUT2D eigenvalue weighted by Gasteiger charge is -2.18. The zero-order valence-electron chi connectivity index (χ0n) is 22.9. The van der Waals surface area contributed by atoms with Crippen molar-refractivity contribution in [1.29, 1.82) is 0 Å². The largest absolute Gasteiger partial charge is 0.748 e. The molecule has 2 heterocycles. The molecular weight excluding hydrogens is 609 g/mol. The summed E-state index contributed by atoms with van der Waals surface area (Å²) in [6.45, 7) is 0.682. The van der Waals surface area contributed by atoms with Gasteiger partial charge in [-0.05, 0) is 53.6 Å². The van der Waals surface area contributed by atoms with Crippen molar-refractivity contribution in [3.8, 4) is 16.9 Å². The summed E-state index contributed by atoms with van der Waals surface area (Å²) in [5.41, 5.74) is 3.83. The molecule has 12 heteroatoms. The minimum Gasteiger partial charge on any atom is -0.748 e. The zero-order chi connectivity index (χ0) is 30.0. The molecule has 0 saturated heterocycles. The highest BCUT2D eigenvalue weighted by Gasteiger charge is 2.30. The molecule has 1 unspecified atom stereocenters. The van der Waals surface area contributed by atoms with Gasteiger partial charge in [0.1, 0.15) is 14.8 Å². The third kappa shape index (κ3) is 6.64. The molecule has 0 bridgehead atoms. The molecule has 43 heavy (non-hydrogen) atoms. The fourth-order valence-electron chi connectivity index (χ4n) is 5.26. The van der Waals surface area contributed by atoms with E-state index in [1.165, 1.54) is 11.3 Å². The Balaban J connectivity index is 1.42. The summed E-state index contributed by atoms with van der Waals surface area (Å²) in [5.74, 6) is 0.695. The van der Waals surface area contributed by atoms with Gasteiger partial charge in [0.25, 0.3) is 5.01 Å². The number of nitrogens with zero attached hydrogens (tertiary/aromatic N) is 2. The monoisotopic (exact) mass is 636 g/mol. The number of aromatic nitrogens is 1. The van der Waals surface area contributed by atoms with E-state index in [2.05, 4.69) is 11.0 Å². The molecule has 0 spiro atoms. The van der Waals surface area contributed by atoms with Crippen LogP contribution in [0.2, 0.25) is 0 Å². The first-order valence-electron chi connectivity index (χ1n) is 13.7. The van der Waals surface area contributed by atoms with E-state index in [1.54, 1.807) is 0 Å². The first kappa shape index (κ1) is 29.4. The number of hydrogen-bond donors (Lipinski definition) is 1. The highest BCUT2D eigenvalue weighted by Crippen LogP contribution is 2.42. The first-order chi connectivity index (χ1) is 20.8. The quantitative estimate of drug-likeness (QED) is 0.0851. The van der Waals surface area contributed by atoms with Gasteiger partial charge >= 0.3 is 11.4 Å². The van der Waals surface area contributed by atoms with Crippen LogP contribution < -0.4 is 14.2 Å². The van der Waals surface area contributed by atoms with Crippen molar-refractivity contribution in [3.05, 3.63) is 95.8 Å². The van der Waals surface area contributed by atoms with Gasteiger partial charge in [0.2, 0.25) is 11.4 Å². The average molecular weight is 637 g/mol. The number of rotatable bonds is 11. The normalized spacial score (nSPS) is 14.8. The summed E-state index contributed by atoms with van der Waals surface area (Å²) in [6.07, 6.45) is 3.09. The van der Waals surface area contributed by atoms with Gasteiger partial charge in [-0.3, -0.25) is 8.74 Å². The van der Waals surface area contributed by atoms with Gasteiger partial charge in [0.15, 0.2) is 12.3 Å². The molecule has 1 aliphatic heterocycles. The van der Waals surface area contributed by atoms with Crippen LogP contribution in [-0.2, 0) is 32.2 Å². The molecule has 1 aromatic heterocycles. The van der Waals surface area contributed by atoms with E-state index < -0.39 is 27.2 Å². The molecule has 1 N–H and O–H groups in total. The lowest BCUT2D eigenvalue weighted by Crippen LogP contribution is -2.39. The molecule has 0 saturated carbocycles. The second kappa shape index (κ2) is 12.5. The van der Waals surface area contributed by atoms with Crippen molar-refractivity contribution in [2.45, 2.75) is 19.4 Å². The maximum absolute atomic E-state index is 11.7. The number of ether oxygens (including phenoxy) is 1. The molecular formula is C31H28N2O7S3. The third-order valence-electron chi connectivity index (χ3n) is 7.22. The van der Waals surface area contributed by atoms with Crippen molar-refractivity contribution >= 4 is 65.6 Å². The molecule has 5 aromatic rings. The van der Waals surface area contributed by atoms with Crippen LogP contribution in [0.25, 0.3) is 38.2 Å². The van der Waals surface area contributed by atoms with E-state index in [1.807, 2.05) is 89.5 Å². The molecule has 0 fully saturated rings. The van der Waals surface area contributed by atoms with Crippen LogP contribution in [0.1, 0.15) is 17.8 Å².